The van der Waals surface area contributed by atoms with Crippen molar-refractivity contribution in [1.29, 1.82) is 0 Å². The first-order valence-corrected chi connectivity index (χ1v) is 10.0. The van der Waals surface area contributed by atoms with Gasteiger partial charge in [0.15, 0.2) is 5.69 Å². The number of ether oxygens (including phenoxy) is 2. The van der Waals surface area contributed by atoms with Gasteiger partial charge in [-0.25, -0.2) is 0 Å². The van der Waals surface area contributed by atoms with Crippen molar-refractivity contribution in [1.82, 2.24) is 19.9 Å². The highest BCUT2D eigenvalue weighted by Crippen LogP contribution is 2.30. The van der Waals surface area contributed by atoms with Crippen LogP contribution in [0.4, 0.5) is 0 Å². The minimum atomic E-state index is -0.0635. The Labute approximate surface area is 174 Å². The first-order valence-electron chi connectivity index (χ1n) is 10.0. The van der Waals surface area contributed by atoms with Gasteiger partial charge in [0.25, 0.3) is 5.89 Å². The van der Waals surface area contributed by atoms with Crippen molar-refractivity contribution < 1.29 is 14.0 Å². The molecule has 0 bridgehead atoms. The molecule has 0 aliphatic carbocycles. The van der Waals surface area contributed by atoms with Crippen molar-refractivity contribution in [3.05, 3.63) is 71.4 Å². The van der Waals surface area contributed by atoms with Crippen LogP contribution in [0.25, 0.3) is 23.0 Å². The van der Waals surface area contributed by atoms with Crippen LogP contribution in [-0.2, 0) is 17.9 Å². The lowest BCUT2D eigenvalue weighted by Gasteiger charge is -2.24. The summed E-state index contributed by atoms with van der Waals surface area (Å²) < 4.78 is 19.0. The Hall–Kier alpha value is -3.45. The maximum Gasteiger partial charge on any atom is 0.278 e. The molecule has 2 aromatic heterocycles. The normalized spacial score (nSPS) is 15.7. The number of benzene rings is 2. The molecule has 1 aliphatic heterocycles. The van der Waals surface area contributed by atoms with Gasteiger partial charge < -0.3 is 14.0 Å². The molecule has 0 fully saturated rings. The third-order valence-electron chi connectivity index (χ3n) is 5.12. The van der Waals surface area contributed by atoms with E-state index in [-0.39, 0.29) is 6.10 Å². The van der Waals surface area contributed by atoms with Gasteiger partial charge in [0, 0.05) is 5.56 Å². The van der Waals surface area contributed by atoms with Gasteiger partial charge in [-0.1, -0.05) is 41.1 Å². The second kappa shape index (κ2) is 7.76. The van der Waals surface area contributed by atoms with Gasteiger partial charge in [-0.2, -0.15) is 10.1 Å². The molecule has 3 heterocycles. The van der Waals surface area contributed by atoms with E-state index < -0.39 is 0 Å². The van der Waals surface area contributed by atoms with Gasteiger partial charge in [-0.05, 0) is 43.7 Å². The third kappa shape index (κ3) is 3.59. The van der Waals surface area contributed by atoms with E-state index in [0.29, 0.717) is 37.2 Å². The second-order valence-electron chi connectivity index (χ2n) is 7.30. The number of fused-ring (bicyclic) bond motifs is 1. The molecule has 0 saturated heterocycles. The summed E-state index contributed by atoms with van der Waals surface area (Å²) in [5, 5.41) is 8.80. The lowest BCUT2D eigenvalue weighted by Crippen LogP contribution is -2.21. The molecule has 7 heteroatoms. The van der Waals surface area contributed by atoms with Crippen LogP contribution in [0.3, 0.4) is 0 Å². The summed E-state index contributed by atoms with van der Waals surface area (Å²) in [5.41, 5.74) is 4.82. The molecule has 0 unspecified atom stereocenters. The van der Waals surface area contributed by atoms with E-state index in [9.17, 15) is 0 Å². The van der Waals surface area contributed by atoms with Crippen LogP contribution < -0.4 is 4.74 Å². The highest BCUT2D eigenvalue weighted by atomic mass is 16.5. The van der Waals surface area contributed by atoms with Crippen molar-refractivity contribution in [3.8, 4) is 28.7 Å². The second-order valence-corrected chi connectivity index (χ2v) is 7.30. The van der Waals surface area contributed by atoms with Crippen LogP contribution in [0.5, 0.6) is 5.75 Å². The fourth-order valence-corrected chi connectivity index (χ4v) is 3.61. The van der Waals surface area contributed by atoms with E-state index in [1.165, 1.54) is 0 Å². The monoisotopic (exact) mass is 402 g/mol. The number of nitrogens with zero attached hydrogens (tertiary/aromatic N) is 4. The predicted molar refractivity (Wildman–Crippen MR) is 111 cm³/mol. The van der Waals surface area contributed by atoms with E-state index in [1.54, 1.807) is 0 Å². The minimum absolute atomic E-state index is 0.0635. The fraction of sp³-hybridized carbons (Fsp3) is 0.261. The van der Waals surface area contributed by atoms with Crippen LogP contribution in [0.2, 0.25) is 0 Å². The summed E-state index contributed by atoms with van der Waals surface area (Å²) in [6, 6.07) is 18.0. The fourth-order valence-electron chi connectivity index (χ4n) is 3.61. The third-order valence-corrected chi connectivity index (χ3v) is 5.12. The largest absolute Gasteiger partial charge is 0.494 e. The molecule has 5 rings (SSSR count). The molecule has 2 aromatic carbocycles. The highest BCUT2D eigenvalue weighted by Gasteiger charge is 2.24. The molecule has 0 amide bonds. The summed E-state index contributed by atoms with van der Waals surface area (Å²) in [6.07, 6.45) is -0.0635. The molecule has 0 saturated carbocycles. The highest BCUT2D eigenvalue weighted by molar-refractivity contribution is 5.58. The quantitative estimate of drug-likeness (QED) is 0.486. The van der Waals surface area contributed by atoms with Gasteiger partial charge in [0.1, 0.15) is 11.9 Å². The van der Waals surface area contributed by atoms with Crippen molar-refractivity contribution in [3.63, 3.8) is 0 Å². The Morgan fingerprint density at radius 1 is 1.13 bits per heavy atom. The van der Waals surface area contributed by atoms with Crippen molar-refractivity contribution in [2.75, 3.05) is 6.61 Å². The summed E-state index contributed by atoms with van der Waals surface area (Å²) in [4.78, 5) is 4.53. The molecule has 1 aliphatic rings. The van der Waals surface area contributed by atoms with Gasteiger partial charge in [-0.3, -0.25) is 4.68 Å². The van der Waals surface area contributed by atoms with Crippen molar-refractivity contribution >= 4 is 0 Å². The Morgan fingerprint density at radius 2 is 2.00 bits per heavy atom. The molecular weight excluding hydrogens is 380 g/mol. The van der Waals surface area contributed by atoms with Gasteiger partial charge in [0.05, 0.1) is 25.5 Å². The van der Waals surface area contributed by atoms with Crippen LogP contribution in [-0.4, -0.2) is 26.5 Å². The number of rotatable bonds is 5. The molecule has 4 aromatic rings. The van der Waals surface area contributed by atoms with Crippen LogP contribution in [0.1, 0.15) is 29.8 Å². The standard InChI is InChI=1S/C23H22N4O3/c1-3-28-19-9-7-16(8-10-19)21-13-27-18(14-29-21)12-20(25-27)23-24-22(26-30-23)17-6-4-5-15(2)11-17/h4-12,21H,3,13-14H2,1-2H3/t21-/m1/s1. The van der Waals surface area contributed by atoms with E-state index >= 15 is 0 Å². The van der Waals surface area contributed by atoms with E-state index in [0.717, 1.165) is 28.1 Å². The summed E-state index contributed by atoms with van der Waals surface area (Å²) in [7, 11) is 0. The van der Waals surface area contributed by atoms with Crippen molar-refractivity contribution in [2.24, 2.45) is 0 Å². The SMILES string of the molecule is CCOc1ccc([C@H]2Cn3nc(-c4nc(-c5cccc(C)c5)no4)cc3CO2)cc1. The predicted octanol–water partition coefficient (Wildman–Crippen LogP) is 4.58. The minimum Gasteiger partial charge on any atom is -0.494 e. The summed E-state index contributed by atoms with van der Waals surface area (Å²) in [5.74, 6) is 1.83. The zero-order valence-corrected chi connectivity index (χ0v) is 16.9. The maximum atomic E-state index is 6.06. The number of hydrogen-bond donors (Lipinski definition) is 0. The zero-order chi connectivity index (χ0) is 20.5. The molecule has 7 nitrogen and oxygen atoms in total. The summed E-state index contributed by atoms with van der Waals surface area (Å²) in [6.45, 7) is 5.77. The smallest absolute Gasteiger partial charge is 0.278 e. The maximum absolute atomic E-state index is 6.06. The van der Waals surface area contributed by atoms with Crippen LogP contribution >= 0.6 is 0 Å². The number of aromatic nitrogens is 4. The molecular formula is C23H22N4O3. The van der Waals surface area contributed by atoms with E-state index in [2.05, 4.69) is 15.2 Å². The molecule has 152 valence electrons. The Balaban J connectivity index is 1.35. The molecule has 30 heavy (non-hydrogen) atoms. The first-order chi connectivity index (χ1) is 14.7. The van der Waals surface area contributed by atoms with Crippen LogP contribution in [0.15, 0.2) is 59.1 Å². The Bertz CT molecular complexity index is 1160. The zero-order valence-electron chi connectivity index (χ0n) is 16.9. The topological polar surface area (TPSA) is 75.2 Å². The van der Waals surface area contributed by atoms with Crippen molar-refractivity contribution in [2.45, 2.75) is 33.1 Å². The lowest BCUT2D eigenvalue weighted by molar-refractivity contribution is -0.00115. The molecule has 0 spiro atoms. The van der Waals surface area contributed by atoms with Crippen LogP contribution in [0, 0.1) is 6.92 Å². The first kappa shape index (κ1) is 18.6. The van der Waals surface area contributed by atoms with E-state index in [1.807, 2.05) is 73.1 Å². The lowest BCUT2D eigenvalue weighted by atomic mass is 10.1. The van der Waals surface area contributed by atoms with E-state index in [4.69, 9.17) is 14.0 Å². The average molecular weight is 402 g/mol. The molecule has 0 N–H and O–H groups in total. The van der Waals surface area contributed by atoms with Gasteiger partial charge in [-0.15, -0.1) is 0 Å². The average Bonchev–Trinajstić information content (AvgIpc) is 3.41. The van der Waals surface area contributed by atoms with Gasteiger partial charge in [0.2, 0.25) is 5.82 Å². The number of aryl methyl sites for hydroxylation is 1. The molecule has 1 atom stereocenters. The molecule has 0 radical (unpaired) electrons. The summed E-state index contributed by atoms with van der Waals surface area (Å²) >= 11 is 0. The Kier molecular flexibility index (Phi) is 4.80. The Morgan fingerprint density at radius 3 is 2.80 bits per heavy atom. The number of hydrogen-bond acceptors (Lipinski definition) is 6. The van der Waals surface area contributed by atoms with Gasteiger partial charge >= 0.3 is 0 Å².